The fourth-order valence-electron chi connectivity index (χ4n) is 3.86. The molecule has 0 radical (unpaired) electrons. The first-order valence-electron chi connectivity index (χ1n) is 11.7. The van der Waals surface area contributed by atoms with Crippen LogP contribution in [0.15, 0.2) is 46.2 Å². The highest BCUT2D eigenvalue weighted by Crippen LogP contribution is 2.18. The van der Waals surface area contributed by atoms with E-state index in [1.807, 2.05) is 13.8 Å². The molecule has 35 heavy (non-hydrogen) atoms. The van der Waals surface area contributed by atoms with Crippen LogP contribution in [0.5, 0.6) is 0 Å². The van der Waals surface area contributed by atoms with Gasteiger partial charge in [0.25, 0.3) is 17.4 Å². The van der Waals surface area contributed by atoms with E-state index < -0.39 is 21.5 Å². The molecule has 10 nitrogen and oxygen atoms in total. The third-order valence-corrected chi connectivity index (χ3v) is 7.59. The molecule has 1 fully saturated rings. The Labute approximate surface area is 205 Å². The summed E-state index contributed by atoms with van der Waals surface area (Å²) in [5, 5.41) is 2.57. The van der Waals surface area contributed by atoms with Gasteiger partial charge in [-0.15, -0.1) is 0 Å². The molecule has 1 saturated heterocycles. The van der Waals surface area contributed by atoms with E-state index in [4.69, 9.17) is 4.74 Å². The Balaban J connectivity index is 1.80. The fraction of sp³-hybridized carbons (Fsp3) is 0.458. The number of ether oxygens (including phenoxy) is 1. The second-order valence-corrected chi connectivity index (χ2v) is 10.3. The van der Waals surface area contributed by atoms with Crippen molar-refractivity contribution >= 4 is 27.5 Å². The molecule has 2 amide bonds. The maximum Gasteiger partial charge on any atom is 0.274 e. The summed E-state index contributed by atoms with van der Waals surface area (Å²) in [6, 6.07) is 6.91. The summed E-state index contributed by atoms with van der Waals surface area (Å²) >= 11 is 0. The number of carbonyl (C=O) groups is 2. The monoisotopic (exact) mass is 504 g/mol. The van der Waals surface area contributed by atoms with Crippen molar-refractivity contribution in [3.8, 4) is 0 Å². The highest BCUT2D eigenvalue weighted by molar-refractivity contribution is 7.89. The molecule has 0 unspecified atom stereocenters. The molecule has 1 aliphatic rings. The first kappa shape index (κ1) is 26.6. The summed E-state index contributed by atoms with van der Waals surface area (Å²) < 4.78 is 33.4. The Hall–Kier alpha value is -3.02. The van der Waals surface area contributed by atoms with Gasteiger partial charge in [-0.2, -0.15) is 4.31 Å². The Morgan fingerprint density at radius 2 is 1.63 bits per heavy atom. The van der Waals surface area contributed by atoms with Crippen LogP contribution in [-0.4, -0.2) is 73.4 Å². The van der Waals surface area contributed by atoms with Gasteiger partial charge in [0.05, 0.1) is 23.7 Å². The van der Waals surface area contributed by atoms with Crippen LogP contribution in [0, 0.1) is 0 Å². The normalized spacial score (nSPS) is 14.5. The summed E-state index contributed by atoms with van der Waals surface area (Å²) in [5.74, 6) is -0.793. The molecule has 0 saturated carbocycles. The summed E-state index contributed by atoms with van der Waals surface area (Å²) in [6.07, 6.45) is 3.07. The van der Waals surface area contributed by atoms with Crippen molar-refractivity contribution in [2.75, 3.05) is 44.7 Å². The Morgan fingerprint density at radius 1 is 1.03 bits per heavy atom. The van der Waals surface area contributed by atoms with Crippen molar-refractivity contribution < 1.29 is 22.7 Å². The van der Waals surface area contributed by atoms with Gasteiger partial charge in [-0.3, -0.25) is 14.4 Å². The summed E-state index contributed by atoms with van der Waals surface area (Å²) in [5.41, 5.74) is -0.000171. The zero-order valence-corrected chi connectivity index (χ0v) is 21.1. The van der Waals surface area contributed by atoms with Gasteiger partial charge in [0.2, 0.25) is 10.0 Å². The number of sulfonamides is 1. The SMILES string of the molecule is CCCN(CCC)C(=O)c1cc(NC(=O)c2ccc(S(=O)(=O)N3CCOCC3)cc2)c(=O)n(C)c1. The molecule has 1 aromatic heterocycles. The predicted molar refractivity (Wildman–Crippen MR) is 132 cm³/mol. The first-order valence-corrected chi connectivity index (χ1v) is 13.1. The maximum absolute atomic E-state index is 13.0. The van der Waals surface area contributed by atoms with E-state index in [9.17, 15) is 22.8 Å². The number of aryl methyl sites for hydroxylation is 1. The Kier molecular flexibility index (Phi) is 8.82. The van der Waals surface area contributed by atoms with Crippen LogP contribution < -0.4 is 10.9 Å². The first-order chi connectivity index (χ1) is 16.7. The van der Waals surface area contributed by atoms with Gasteiger partial charge in [0, 0.05) is 45.0 Å². The number of hydrogen-bond acceptors (Lipinski definition) is 6. The molecule has 3 rings (SSSR count). The van der Waals surface area contributed by atoms with Crippen LogP contribution in [0.4, 0.5) is 5.69 Å². The number of anilines is 1. The molecular formula is C24H32N4O6S. The van der Waals surface area contributed by atoms with Crippen LogP contribution in [0.1, 0.15) is 47.4 Å². The van der Waals surface area contributed by atoms with E-state index in [1.165, 1.54) is 52.4 Å². The molecule has 1 aliphatic heterocycles. The number of benzene rings is 1. The van der Waals surface area contributed by atoms with Crippen molar-refractivity contribution in [2.45, 2.75) is 31.6 Å². The minimum Gasteiger partial charge on any atom is -0.379 e. The smallest absolute Gasteiger partial charge is 0.274 e. The molecule has 190 valence electrons. The number of aromatic nitrogens is 1. The molecule has 0 spiro atoms. The van der Waals surface area contributed by atoms with Crippen molar-refractivity contribution in [3.63, 3.8) is 0 Å². The van der Waals surface area contributed by atoms with Crippen LogP contribution >= 0.6 is 0 Å². The number of nitrogens with zero attached hydrogens (tertiary/aromatic N) is 3. The van der Waals surface area contributed by atoms with Crippen LogP contribution in [0.25, 0.3) is 0 Å². The molecule has 0 aliphatic carbocycles. The average Bonchev–Trinajstić information content (AvgIpc) is 2.86. The second kappa shape index (κ2) is 11.6. The third kappa shape index (κ3) is 6.16. The largest absolute Gasteiger partial charge is 0.379 e. The quantitative estimate of drug-likeness (QED) is 0.558. The molecule has 11 heteroatoms. The summed E-state index contributed by atoms with van der Waals surface area (Å²) in [4.78, 5) is 40.2. The van der Waals surface area contributed by atoms with E-state index in [1.54, 1.807) is 4.90 Å². The molecule has 0 bridgehead atoms. The van der Waals surface area contributed by atoms with Gasteiger partial charge in [-0.05, 0) is 43.2 Å². The average molecular weight is 505 g/mol. The van der Waals surface area contributed by atoms with E-state index >= 15 is 0 Å². The molecular weight excluding hydrogens is 472 g/mol. The number of rotatable bonds is 9. The number of hydrogen-bond donors (Lipinski definition) is 1. The minimum absolute atomic E-state index is 0.0266. The molecule has 1 aromatic carbocycles. The van der Waals surface area contributed by atoms with Gasteiger partial charge in [-0.25, -0.2) is 8.42 Å². The Morgan fingerprint density at radius 3 is 2.20 bits per heavy atom. The Bertz CT molecular complexity index is 1210. The number of nitrogens with one attached hydrogen (secondary N) is 1. The van der Waals surface area contributed by atoms with E-state index in [0.29, 0.717) is 31.9 Å². The second-order valence-electron chi connectivity index (χ2n) is 8.35. The van der Waals surface area contributed by atoms with Gasteiger partial charge >= 0.3 is 0 Å². The fourth-order valence-corrected chi connectivity index (χ4v) is 5.27. The van der Waals surface area contributed by atoms with Gasteiger partial charge in [-0.1, -0.05) is 13.8 Å². The van der Waals surface area contributed by atoms with Crippen molar-refractivity contribution in [2.24, 2.45) is 7.05 Å². The lowest BCUT2D eigenvalue weighted by Gasteiger charge is -2.26. The number of carbonyl (C=O) groups excluding carboxylic acids is 2. The molecule has 2 heterocycles. The highest BCUT2D eigenvalue weighted by Gasteiger charge is 2.26. The molecule has 1 N–H and O–H groups in total. The van der Waals surface area contributed by atoms with E-state index in [2.05, 4.69) is 5.32 Å². The lowest BCUT2D eigenvalue weighted by atomic mass is 10.2. The van der Waals surface area contributed by atoms with Gasteiger partial charge in [0.1, 0.15) is 5.69 Å². The maximum atomic E-state index is 13.0. The molecule has 2 aromatic rings. The lowest BCUT2D eigenvalue weighted by Crippen LogP contribution is -2.40. The highest BCUT2D eigenvalue weighted by atomic mass is 32.2. The molecule has 0 atom stereocenters. The van der Waals surface area contributed by atoms with Crippen LogP contribution in [0.3, 0.4) is 0 Å². The zero-order valence-electron chi connectivity index (χ0n) is 20.3. The lowest BCUT2D eigenvalue weighted by molar-refractivity contribution is 0.0730. The van der Waals surface area contributed by atoms with Crippen molar-refractivity contribution in [1.29, 1.82) is 0 Å². The number of morpholine rings is 1. The minimum atomic E-state index is -3.68. The third-order valence-electron chi connectivity index (χ3n) is 5.68. The van der Waals surface area contributed by atoms with Crippen LogP contribution in [0.2, 0.25) is 0 Å². The van der Waals surface area contributed by atoms with E-state index in [0.717, 1.165) is 12.8 Å². The van der Waals surface area contributed by atoms with Crippen LogP contribution in [-0.2, 0) is 21.8 Å². The van der Waals surface area contributed by atoms with Gasteiger partial charge < -0.3 is 19.5 Å². The van der Waals surface area contributed by atoms with Gasteiger partial charge in [0.15, 0.2) is 0 Å². The standard InChI is InChI=1S/C24H32N4O6S/c1-4-10-27(11-5-2)23(30)19-16-21(24(31)26(3)17-19)25-22(29)18-6-8-20(9-7-18)35(32,33)28-12-14-34-15-13-28/h6-9,16-17H,4-5,10-15H2,1-3H3,(H,25,29). The van der Waals surface area contributed by atoms with E-state index in [-0.39, 0.29) is 35.1 Å². The summed E-state index contributed by atoms with van der Waals surface area (Å²) in [7, 11) is -2.16. The number of amides is 2. The predicted octanol–water partition coefficient (Wildman–Crippen LogP) is 1.92. The van der Waals surface area contributed by atoms with Crippen molar-refractivity contribution in [3.05, 3.63) is 58.0 Å². The summed E-state index contributed by atoms with van der Waals surface area (Å²) in [6.45, 7) is 6.39. The van der Waals surface area contributed by atoms with Crippen molar-refractivity contribution in [1.82, 2.24) is 13.8 Å². The number of pyridine rings is 1. The topological polar surface area (TPSA) is 118 Å². The zero-order chi connectivity index (χ0) is 25.6.